The van der Waals surface area contributed by atoms with E-state index >= 15 is 0 Å². The molecule has 0 radical (unpaired) electrons. The Hall–Kier alpha value is -2.32. The number of halogens is 1. The van der Waals surface area contributed by atoms with Crippen LogP contribution in [0.5, 0.6) is 0 Å². The number of benzene rings is 1. The number of rotatable bonds is 5. The molecule has 2 heterocycles. The summed E-state index contributed by atoms with van der Waals surface area (Å²) < 4.78 is 40.4. The third-order valence-electron chi connectivity index (χ3n) is 5.71. The van der Waals surface area contributed by atoms with E-state index < -0.39 is 21.3 Å². The van der Waals surface area contributed by atoms with Crippen LogP contribution in [-0.2, 0) is 16.4 Å². The molecule has 3 aromatic rings. The quantitative estimate of drug-likeness (QED) is 0.625. The van der Waals surface area contributed by atoms with E-state index in [-0.39, 0.29) is 16.7 Å². The molecule has 1 aromatic carbocycles. The zero-order valence-electron chi connectivity index (χ0n) is 16.5. The van der Waals surface area contributed by atoms with Gasteiger partial charge in [-0.25, -0.2) is 12.8 Å². The number of nitrogens with one attached hydrogen (secondary N) is 1. The monoisotopic (exact) mass is 446 g/mol. The van der Waals surface area contributed by atoms with Gasteiger partial charge in [-0.2, -0.15) is 0 Å². The van der Waals surface area contributed by atoms with Crippen LogP contribution in [0.3, 0.4) is 0 Å². The second-order valence-corrected chi connectivity index (χ2v) is 11.1. The van der Waals surface area contributed by atoms with Crippen molar-refractivity contribution in [2.75, 3.05) is 0 Å². The molecule has 2 aromatic heterocycles. The molecule has 30 heavy (non-hydrogen) atoms. The zero-order valence-corrected chi connectivity index (χ0v) is 18.2. The van der Waals surface area contributed by atoms with E-state index in [0.29, 0.717) is 30.7 Å². The first-order valence-electron chi connectivity index (χ1n) is 9.93. The number of aromatic nitrogens is 1. The summed E-state index contributed by atoms with van der Waals surface area (Å²) in [6, 6.07) is 10.3. The summed E-state index contributed by atoms with van der Waals surface area (Å²) >= 11 is 1.38. The molecule has 0 spiro atoms. The number of pyridine rings is 1. The van der Waals surface area contributed by atoms with Crippen molar-refractivity contribution in [1.82, 2.24) is 10.3 Å². The highest BCUT2D eigenvalue weighted by atomic mass is 32.2. The van der Waals surface area contributed by atoms with Crippen molar-refractivity contribution in [1.29, 1.82) is 0 Å². The third kappa shape index (κ3) is 4.25. The maximum atomic E-state index is 13.7. The predicted octanol–water partition coefficient (Wildman–Crippen LogP) is 4.53. The van der Waals surface area contributed by atoms with Crippen LogP contribution in [0, 0.1) is 5.92 Å². The van der Waals surface area contributed by atoms with E-state index in [1.54, 1.807) is 43.6 Å². The van der Waals surface area contributed by atoms with Crippen molar-refractivity contribution in [3.8, 4) is 0 Å². The molecule has 1 N–H and O–H groups in total. The molecule has 3 unspecified atom stereocenters. The van der Waals surface area contributed by atoms with Gasteiger partial charge in [0.2, 0.25) is 0 Å². The molecule has 158 valence electrons. The fourth-order valence-electron chi connectivity index (χ4n) is 3.85. The lowest BCUT2D eigenvalue weighted by Crippen LogP contribution is -2.33. The Balaban J connectivity index is 1.40. The Bertz CT molecular complexity index is 1130. The van der Waals surface area contributed by atoms with Gasteiger partial charge in [-0.05, 0) is 60.4 Å². The fraction of sp³-hybridized carbons (Fsp3) is 0.364. The number of alkyl halides is 1. The molecule has 1 aliphatic carbocycles. The standard InChI is InChI=1S/C22H23FN2O3S2/c1-14-10-18(6-7-19(14)23)30(27,28)17-4-2-15(3-5-17)12-25-22(26)20-11-16-8-9-24-13-21(16)29-20/h2-5,8-9,11,13-14,18-19H,6-7,10,12H2,1H3,(H,25,26). The minimum Gasteiger partial charge on any atom is -0.347 e. The van der Waals surface area contributed by atoms with Gasteiger partial charge >= 0.3 is 0 Å². The van der Waals surface area contributed by atoms with E-state index in [1.165, 1.54) is 11.3 Å². The van der Waals surface area contributed by atoms with Gasteiger partial charge in [0, 0.05) is 18.9 Å². The maximum absolute atomic E-state index is 13.7. The van der Waals surface area contributed by atoms with Crippen molar-refractivity contribution >= 4 is 37.2 Å². The summed E-state index contributed by atoms with van der Waals surface area (Å²) in [5, 5.41) is 3.31. The molecule has 0 saturated heterocycles. The molecule has 0 aliphatic heterocycles. The smallest absolute Gasteiger partial charge is 0.261 e. The number of nitrogens with zero attached hydrogens (tertiary/aromatic N) is 1. The molecule has 0 bridgehead atoms. The van der Waals surface area contributed by atoms with Crippen LogP contribution in [0.1, 0.15) is 41.4 Å². The Kier molecular flexibility index (Phi) is 5.88. The van der Waals surface area contributed by atoms with Crippen molar-refractivity contribution < 1.29 is 17.6 Å². The van der Waals surface area contributed by atoms with Crippen molar-refractivity contribution in [3.63, 3.8) is 0 Å². The minimum absolute atomic E-state index is 0.176. The highest BCUT2D eigenvalue weighted by Gasteiger charge is 2.35. The topological polar surface area (TPSA) is 76.1 Å². The van der Waals surface area contributed by atoms with Gasteiger partial charge in [-0.3, -0.25) is 9.78 Å². The van der Waals surface area contributed by atoms with Crippen LogP contribution in [0.25, 0.3) is 10.1 Å². The Morgan fingerprint density at radius 1 is 1.23 bits per heavy atom. The molecule has 1 saturated carbocycles. The summed E-state index contributed by atoms with van der Waals surface area (Å²) in [6.45, 7) is 2.07. The lowest BCUT2D eigenvalue weighted by molar-refractivity contribution is 0.0955. The molecule has 1 aliphatic rings. The average Bonchev–Trinajstić information content (AvgIpc) is 3.18. The molecule has 3 atom stereocenters. The number of thiophene rings is 1. The van der Waals surface area contributed by atoms with Crippen LogP contribution in [0.2, 0.25) is 0 Å². The maximum Gasteiger partial charge on any atom is 0.261 e. The number of fused-ring (bicyclic) bond motifs is 1. The summed E-state index contributed by atoms with van der Waals surface area (Å²) in [5.74, 6) is -0.414. The van der Waals surface area contributed by atoms with Crippen molar-refractivity contribution in [3.05, 3.63) is 59.2 Å². The first kappa shape index (κ1) is 20.9. The summed E-state index contributed by atoms with van der Waals surface area (Å²) in [4.78, 5) is 17.3. The molecular weight excluding hydrogens is 423 g/mol. The number of hydrogen-bond donors (Lipinski definition) is 1. The lowest BCUT2D eigenvalue weighted by Gasteiger charge is -2.29. The number of carbonyl (C=O) groups is 1. The Morgan fingerprint density at radius 3 is 2.70 bits per heavy atom. The van der Waals surface area contributed by atoms with Gasteiger partial charge in [0.05, 0.1) is 19.7 Å². The predicted molar refractivity (Wildman–Crippen MR) is 116 cm³/mol. The van der Waals surface area contributed by atoms with E-state index in [1.807, 2.05) is 12.1 Å². The number of carbonyl (C=O) groups excluding carboxylic acids is 1. The highest BCUT2D eigenvalue weighted by molar-refractivity contribution is 7.92. The van der Waals surface area contributed by atoms with Crippen LogP contribution in [0.4, 0.5) is 4.39 Å². The first-order chi connectivity index (χ1) is 14.3. The third-order valence-corrected chi connectivity index (χ3v) is 9.03. The SMILES string of the molecule is CC1CC(S(=O)(=O)c2ccc(CNC(=O)c3cc4ccncc4s3)cc2)CCC1F. The Morgan fingerprint density at radius 2 is 2.00 bits per heavy atom. The average molecular weight is 447 g/mol. The molecule has 8 heteroatoms. The highest BCUT2D eigenvalue weighted by Crippen LogP contribution is 2.33. The first-order valence-corrected chi connectivity index (χ1v) is 12.3. The molecule has 1 fully saturated rings. The normalized spacial score (nSPS) is 22.1. The van der Waals surface area contributed by atoms with Gasteiger partial charge in [0.1, 0.15) is 6.17 Å². The second-order valence-electron chi connectivity index (χ2n) is 7.82. The van der Waals surface area contributed by atoms with Gasteiger partial charge in [0.15, 0.2) is 9.84 Å². The minimum atomic E-state index is -3.48. The van der Waals surface area contributed by atoms with Gasteiger partial charge in [-0.1, -0.05) is 19.1 Å². The van der Waals surface area contributed by atoms with E-state index in [2.05, 4.69) is 10.3 Å². The second kappa shape index (κ2) is 8.43. The van der Waals surface area contributed by atoms with Crippen LogP contribution in [0.15, 0.2) is 53.7 Å². The van der Waals surface area contributed by atoms with E-state index in [0.717, 1.165) is 15.6 Å². The van der Waals surface area contributed by atoms with Gasteiger partial charge in [-0.15, -0.1) is 11.3 Å². The van der Waals surface area contributed by atoms with E-state index in [9.17, 15) is 17.6 Å². The summed E-state index contributed by atoms with van der Waals surface area (Å²) in [5.41, 5.74) is 0.811. The van der Waals surface area contributed by atoms with E-state index in [4.69, 9.17) is 0 Å². The molecule has 5 nitrogen and oxygen atoms in total. The van der Waals surface area contributed by atoms with Crippen LogP contribution in [-0.4, -0.2) is 30.7 Å². The van der Waals surface area contributed by atoms with Gasteiger partial charge < -0.3 is 5.32 Å². The summed E-state index contributed by atoms with van der Waals surface area (Å²) in [6.07, 6.45) is 3.51. The lowest BCUT2D eigenvalue weighted by atomic mass is 9.89. The zero-order chi connectivity index (χ0) is 21.3. The molecular formula is C22H23FN2O3S2. The van der Waals surface area contributed by atoms with Crippen molar-refractivity contribution in [2.24, 2.45) is 5.92 Å². The largest absolute Gasteiger partial charge is 0.347 e. The van der Waals surface area contributed by atoms with Gasteiger partial charge in [0.25, 0.3) is 5.91 Å². The molecule has 4 rings (SSSR count). The summed E-state index contributed by atoms with van der Waals surface area (Å²) in [7, 11) is -3.48. The molecule has 1 amide bonds. The fourth-order valence-corrected chi connectivity index (χ4v) is 6.70. The number of hydrogen-bond acceptors (Lipinski definition) is 5. The number of sulfone groups is 1. The van der Waals surface area contributed by atoms with Crippen LogP contribution >= 0.6 is 11.3 Å². The van der Waals surface area contributed by atoms with Crippen molar-refractivity contribution in [2.45, 2.75) is 49.0 Å². The van der Waals surface area contributed by atoms with Crippen LogP contribution < -0.4 is 5.32 Å². The number of amides is 1. The Labute approximate surface area is 179 Å².